The second kappa shape index (κ2) is 14.3. The fourth-order valence-corrected chi connectivity index (χ4v) is 13.5. The van der Waals surface area contributed by atoms with Gasteiger partial charge in [0.25, 0.3) is 0 Å². The first-order chi connectivity index (χ1) is 28.3. The van der Waals surface area contributed by atoms with Crippen molar-refractivity contribution in [3.63, 3.8) is 0 Å². The molecule has 2 N–H and O–H groups in total. The Balaban J connectivity index is 1.38. The molecule has 12 nitrogen and oxygen atoms in total. The first-order valence-corrected chi connectivity index (χ1v) is 22.0. The molecule has 2 aromatic carbocycles. The van der Waals surface area contributed by atoms with Crippen LogP contribution >= 0.6 is 22.6 Å². The fourth-order valence-electron chi connectivity index (χ4n) is 13.1. The predicted molar refractivity (Wildman–Crippen MR) is 232 cm³/mol. The van der Waals surface area contributed by atoms with Crippen LogP contribution in [0.3, 0.4) is 0 Å². The van der Waals surface area contributed by atoms with E-state index >= 15 is 4.79 Å². The van der Waals surface area contributed by atoms with Crippen LogP contribution in [-0.4, -0.2) is 123 Å². The number of halogens is 1. The van der Waals surface area contributed by atoms with Gasteiger partial charge in [-0.15, -0.1) is 0 Å². The number of aliphatic hydroxyl groups is 1. The molecule has 2 bridgehead atoms. The second-order valence-electron chi connectivity index (χ2n) is 17.6. The number of aromatic nitrogens is 1. The van der Waals surface area contributed by atoms with Gasteiger partial charge >= 0.3 is 17.9 Å². The van der Waals surface area contributed by atoms with Crippen molar-refractivity contribution < 1.29 is 38.4 Å². The number of carbonyl (C=O) groups is 3. The average molecular weight is 919 g/mol. The zero-order valence-corrected chi connectivity index (χ0v) is 37.2. The number of methoxy groups -OCH3 is 3. The van der Waals surface area contributed by atoms with Gasteiger partial charge in [-0.25, -0.2) is 4.79 Å². The molecule has 1 saturated heterocycles. The molecule has 1 aromatic heterocycles. The summed E-state index contributed by atoms with van der Waals surface area (Å²) in [7, 11) is 6.25. The van der Waals surface area contributed by atoms with Crippen LogP contribution in [0.4, 0.5) is 5.69 Å². The summed E-state index contributed by atoms with van der Waals surface area (Å²) < 4.78 is 25.1. The Hall–Kier alpha value is -3.92. The van der Waals surface area contributed by atoms with Gasteiger partial charge in [0.2, 0.25) is 5.60 Å². The number of fused-ring (bicyclic) bond motifs is 6. The molecule has 2 fully saturated rings. The molecule has 9 atom stereocenters. The smallest absolute Gasteiger partial charge is 0.344 e. The Bertz CT molecular complexity index is 2320. The van der Waals surface area contributed by atoms with Crippen LogP contribution < -0.4 is 9.64 Å². The van der Waals surface area contributed by atoms with Crippen molar-refractivity contribution in [1.82, 2.24) is 14.8 Å². The number of ether oxygens (including phenoxy) is 4. The lowest BCUT2D eigenvalue weighted by molar-refractivity contribution is -0.228. The van der Waals surface area contributed by atoms with Crippen molar-refractivity contribution in [3.05, 3.63) is 80.1 Å². The van der Waals surface area contributed by atoms with Crippen molar-refractivity contribution >= 4 is 57.1 Å². The number of nitrogens with zero attached hydrogens (tertiary/aromatic N) is 3. The number of benzene rings is 2. The molecule has 59 heavy (non-hydrogen) atoms. The molecule has 2 unspecified atom stereocenters. The van der Waals surface area contributed by atoms with Crippen molar-refractivity contribution in [3.8, 4) is 5.75 Å². The SMILES string of the molecule is CCC1=C[C@H]2CN(CCc3c([nH]c4ccc(I)cc34)[C@@](C(=O)OC)(c3cc4c(cc3OC)N(C)C3[C@]45CCN4CC=C[C@@](CC)([C@@H](OC(C)=O)[C@]3(O)C(=O)OC)[C@H]45)C2)C1. The van der Waals surface area contributed by atoms with Crippen LogP contribution in [0.25, 0.3) is 10.9 Å². The van der Waals surface area contributed by atoms with E-state index < -0.39 is 45.9 Å². The highest BCUT2D eigenvalue weighted by atomic mass is 127. The van der Waals surface area contributed by atoms with Crippen molar-refractivity contribution in [2.24, 2.45) is 11.3 Å². The van der Waals surface area contributed by atoms with E-state index in [2.05, 4.69) is 86.8 Å². The third kappa shape index (κ3) is 5.38. The van der Waals surface area contributed by atoms with Gasteiger partial charge in [-0.3, -0.25) is 19.4 Å². The first-order valence-electron chi connectivity index (χ1n) is 20.9. The predicted octanol–water partition coefficient (Wildman–Crippen LogP) is 5.40. The van der Waals surface area contributed by atoms with Gasteiger partial charge in [0.05, 0.1) is 27.4 Å². The van der Waals surface area contributed by atoms with Crippen LogP contribution in [0.2, 0.25) is 0 Å². The van der Waals surface area contributed by atoms with Gasteiger partial charge in [0.1, 0.15) is 11.2 Å². The van der Waals surface area contributed by atoms with E-state index in [1.54, 1.807) is 7.11 Å². The molecular formula is C46H55IN4O8. The van der Waals surface area contributed by atoms with Crippen LogP contribution in [-0.2, 0) is 45.8 Å². The molecule has 6 heterocycles. The topological polar surface area (TPSA) is 134 Å². The van der Waals surface area contributed by atoms with E-state index in [0.29, 0.717) is 43.7 Å². The van der Waals surface area contributed by atoms with Crippen LogP contribution in [0.1, 0.15) is 68.8 Å². The number of H-pyrrole nitrogens is 1. The summed E-state index contributed by atoms with van der Waals surface area (Å²) in [6.45, 7) is 9.43. The summed E-state index contributed by atoms with van der Waals surface area (Å²) in [6, 6.07) is 9.32. The third-order valence-corrected chi connectivity index (χ3v) is 15.8. The molecule has 3 aromatic rings. The zero-order valence-electron chi connectivity index (χ0n) is 35.0. The van der Waals surface area contributed by atoms with E-state index in [1.807, 2.05) is 24.9 Å². The fraction of sp³-hybridized carbons (Fsp3) is 0.543. The van der Waals surface area contributed by atoms with Gasteiger partial charge < -0.3 is 33.9 Å². The van der Waals surface area contributed by atoms with Gasteiger partial charge in [-0.1, -0.05) is 37.6 Å². The van der Waals surface area contributed by atoms with E-state index in [0.717, 1.165) is 69.5 Å². The summed E-state index contributed by atoms with van der Waals surface area (Å²) in [5.41, 5.74) is 1.09. The highest BCUT2D eigenvalue weighted by Gasteiger charge is 2.80. The minimum Gasteiger partial charge on any atom is -0.496 e. The number of anilines is 1. The van der Waals surface area contributed by atoms with Crippen molar-refractivity contribution in [2.45, 2.75) is 87.5 Å². The highest BCUT2D eigenvalue weighted by molar-refractivity contribution is 14.1. The number of carbonyl (C=O) groups excluding carboxylic acids is 3. The average Bonchev–Trinajstić information content (AvgIpc) is 3.89. The van der Waals surface area contributed by atoms with E-state index in [9.17, 15) is 14.7 Å². The van der Waals surface area contributed by atoms with Gasteiger partial charge in [-0.05, 0) is 103 Å². The number of esters is 3. The summed E-state index contributed by atoms with van der Waals surface area (Å²) in [5.74, 6) is -1.31. The Morgan fingerprint density at radius 1 is 1.02 bits per heavy atom. The maximum Gasteiger partial charge on any atom is 0.344 e. The maximum atomic E-state index is 15.3. The monoisotopic (exact) mass is 918 g/mol. The molecule has 314 valence electrons. The molecule has 5 aliphatic heterocycles. The van der Waals surface area contributed by atoms with Gasteiger partial charge in [0.15, 0.2) is 6.10 Å². The molecule has 9 rings (SSSR count). The molecule has 13 heteroatoms. The quantitative estimate of drug-likeness (QED) is 0.137. The minimum atomic E-state index is -2.28. The first kappa shape index (κ1) is 40.5. The zero-order chi connectivity index (χ0) is 41.8. The lowest BCUT2D eigenvalue weighted by Gasteiger charge is -2.63. The van der Waals surface area contributed by atoms with Crippen LogP contribution in [0, 0.1) is 14.9 Å². The van der Waals surface area contributed by atoms with Gasteiger partial charge in [-0.2, -0.15) is 0 Å². The second-order valence-corrected chi connectivity index (χ2v) is 18.9. The third-order valence-electron chi connectivity index (χ3n) is 15.1. The highest BCUT2D eigenvalue weighted by Crippen LogP contribution is 2.68. The van der Waals surface area contributed by atoms with Crippen molar-refractivity contribution in [1.29, 1.82) is 0 Å². The number of rotatable bonds is 7. The largest absolute Gasteiger partial charge is 0.496 e. The minimum absolute atomic E-state index is 0.0172. The molecule has 0 amide bonds. The van der Waals surface area contributed by atoms with E-state index in [1.165, 1.54) is 26.7 Å². The number of hydrogen-bond donors (Lipinski definition) is 2. The van der Waals surface area contributed by atoms with E-state index in [-0.39, 0.29) is 17.9 Å². The van der Waals surface area contributed by atoms with Crippen LogP contribution in [0.15, 0.2) is 54.1 Å². The molecule has 1 aliphatic carbocycles. The molecule has 1 saturated carbocycles. The maximum absolute atomic E-state index is 15.3. The number of nitrogens with one attached hydrogen (secondary N) is 1. The van der Waals surface area contributed by atoms with Gasteiger partial charge in [0, 0.05) is 94.5 Å². The lowest BCUT2D eigenvalue weighted by Crippen LogP contribution is -2.81. The molecule has 1 spiro atoms. The summed E-state index contributed by atoms with van der Waals surface area (Å²) in [6.07, 6.45) is 8.42. The summed E-state index contributed by atoms with van der Waals surface area (Å²) in [4.78, 5) is 53.5. The number of likely N-dealkylation sites (N-methyl/N-ethyl adjacent to an activating group) is 1. The molecule has 6 aliphatic rings. The lowest BCUT2D eigenvalue weighted by atomic mass is 9.47. The number of hydrogen-bond acceptors (Lipinski definition) is 11. The summed E-state index contributed by atoms with van der Waals surface area (Å²) in [5, 5.41) is 14.4. The van der Waals surface area contributed by atoms with Crippen molar-refractivity contribution in [2.75, 3.05) is 66.0 Å². The Kier molecular flexibility index (Phi) is 9.84. The standard InChI is InChI=1S/C46H55IN4O8/c1-8-27-19-28-23-45(41(53)57-6,37-30(13-17-50(24-27)25-28)31-20-29(47)11-12-34(31)48-37)33-21-32-35(22-36(33)56-5)49(4)39-44(32)15-18-51-16-10-14-43(9-2,38(44)51)40(59-26(3)52)46(39,55)42(54)58-7/h10-12,14,19-22,28,38-40,48,55H,8-9,13,15-18,23-25H2,1-7H3/t28-,38+,39?,40-,43-,44-,45+,46+/m1/s1. The van der Waals surface area contributed by atoms with Crippen LogP contribution in [0.5, 0.6) is 5.75 Å². The molecule has 0 radical (unpaired) electrons. The normalized spacial score (nSPS) is 34.4. The number of aromatic amines is 1. The summed E-state index contributed by atoms with van der Waals surface area (Å²) >= 11 is 2.36. The van der Waals surface area contributed by atoms with E-state index in [4.69, 9.17) is 18.9 Å². The Morgan fingerprint density at radius 3 is 2.49 bits per heavy atom. The Labute approximate surface area is 359 Å². The Morgan fingerprint density at radius 2 is 1.80 bits per heavy atom. The molecular weight excluding hydrogens is 863 g/mol.